The van der Waals surface area contributed by atoms with Crippen molar-refractivity contribution < 1.29 is 31.9 Å². The topological polar surface area (TPSA) is 58.6 Å². The maximum atomic E-state index is 13.0. The lowest BCUT2D eigenvalue weighted by Crippen LogP contribution is -2.50. The molecular formula is C21H22F4N2O3. The minimum Gasteiger partial charge on any atom is -0.405 e. The number of likely N-dealkylation sites (N-methyl/N-ethyl adjacent to an activating group) is 1. The highest BCUT2D eigenvalue weighted by Crippen LogP contribution is 2.27. The highest BCUT2D eigenvalue weighted by Gasteiger charge is 2.33. The summed E-state index contributed by atoms with van der Waals surface area (Å²) in [4.78, 5) is 26.5. The van der Waals surface area contributed by atoms with Gasteiger partial charge >= 0.3 is 6.36 Å². The van der Waals surface area contributed by atoms with Gasteiger partial charge in [-0.3, -0.25) is 9.59 Å². The minimum atomic E-state index is -4.86. The van der Waals surface area contributed by atoms with Crippen molar-refractivity contribution in [1.29, 1.82) is 0 Å². The quantitative estimate of drug-likeness (QED) is 0.677. The number of nitrogens with zero attached hydrogens (tertiary/aromatic N) is 1. The third-order valence-electron chi connectivity index (χ3n) is 4.31. The number of halogens is 4. The van der Waals surface area contributed by atoms with Crippen LogP contribution < -0.4 is 10.1 Å². The number of para-hydroxylation sites is 1. The van der Waals surface area contributed by atoms with Gasteiger partial charge in [0.05, 0.1) is 0 Å². The van der Waals surface area contributed by atoms with Crippen molar-refractivity contribution >= 4 is 11.8 Å². The Hall–Kier alpha value is -3.10. The molecule has 0 fully saturated rings. The maximum Gasteiger partial charge on any atom is 0.573 e. The molecule has 2 aromatic carbocycles. The lowest BCUT2D eigenvalue weighted by atomic mass is 10.0. The molecule has 0 spiro atoms. The Morgan fingerprint density at radius 3 is 2.23 bits per heavy atom. The fourth-order valence-electron chi connectivity index (χ4n) is 2.77. The summed E-state index contributed by atoms with van der Waals surface area (Å²) in [5.41, 5.74) is 0.347. The molecule has 1 unspecified atom stereocenters. The molecule has 2 aromatic rings. The second kappa shape index (κ2) is 9.60. The molecule has 0 heterocycles. The van der Waals surface area contributed by atoms with Crippen LogP contribution in [0.1, 0.15) is 29.8 Å². The fourth-order valence-corrected chi connectivity index (χ4v) is 2.77. The third-order valence-corrected chi connectivity index (χ3v) is 4.31. The molecule has 2 rings (SSSR count). The van der Waals surface area contributed by atoms with Gasteiger partial charge in [-0.05, 0) is 36.2 Å². The molecule has 2 amide bonds. The van der Waals surface area contributed by atoms with Gasteiger partial charge < -0.3 is 15.0 Å². The molecule has 0 saturated heterocycles. The van der Waals surface area contributed by atoms with Crippen LogP contribution in [0.25, 0.3) is 0 Å². The van der Waals surface area contributed by atoms with E-state index in [2.05, 4.69) is 10.1 Å². The number of hydrogen-bond acceptors (Lipinski definition) is 3. The zero-order valence-corrected chi connectivity index (χ0v) is 16.7. The molecule has 9 heteroatoms. The molecule has 1 atom stereocenters. The summed E-state index contributed by atoms with van der Waals surface area (Å²) >= 11 is 0. The van der Waals surface area contributed by atoms with Gasteiger partial charge in [0, 0.05) is 24.7 Å². The second-order valence-electron chi connectivity index (χ2n) is 7.05. The Balaban J connectivity index is 2.14. The van der Waals surface area contributed by atoms with E-state index in [9.17, 15) is 27.2 Å². The first-order chi connectivity index (χ1) is 14.0. The normalized spacial score (nSPS) is 12.4. The van der Waals surface area contributed by atoms with Gasteiger partial charge in [-0.25, -0.2) is 4.39 Å². The van der Waals surface area contributed by atoms with Crippen LogP contribution in [0.15, 0.2) is 48.5 Å². The molecule has 5 nitrogen and oxygen atoms in total. The van der Waals surface area contributed by atoms with Crippen molar-refractivity contribution in [2.24, 2.45) is 5.92 Å². The van der Waals surface area contributed by atoms with E-state index >= 15 is 0 Å². The van der Waals surface area contributed by atoms with Gasteiger partial charge in [-0.15, -0.1) is 13.2 Å². The predicted octanol–water partition coefficient (Wildman–Crippen LogP) is 4.14. The average molecular weight is 426 g/mol. The van der Waals surface area contributed by atoms with Crippen LogP contribution in [-0.2, 0) is 11.3 Å². The molecule has 0 radical (unpaired) electrons. The monoisotopic (exact) mass is 426 g/mol. The zero-order chi connectivity index (χ0) is 22.5. The first-order valence-corrected chi connectivity index (χ1v) is 9.13. The SMILES string of the molecule is CC(C)C(NC(=O)c1ccc(F)cc1)C(=O)N(C)Cc1ccccc1OC(F)(F)F. The van der Waals surface area contributed by atoms with Crippen LogP contribution in [0.5, 0.6) is 5.75 Å². The lowest BCUT2D eigenvalue weighted by Gasteiger charge is -2.27. The highest BCUT2D eigenvalue weighted by molar-refractivity contribution is 5.97. The Morgan fingerprint density at radius 1 is 1.07 bits per heavy atom. The smallest absolute Gasteiger partial charge is 0.405 e. The number of amides is 2. The van der Waals surface area contributed by atoms with Crippen LogP contribution in [0.3, 0.4) is 0 Å². The van der Waals surface area contributed by atoms with Crippen LogP contribution in [0.4, 0.5) is 17.6 Å². The van der Waals surface area contributed by atoms with E-state index in [0.717, 1.165) is 18.2 Å². The van der Waals surface area contributed by atoms with Crippen molar-refractivity contribution in [2.45, 2.75) is 32.8 Å². The molecule has 0 aliphatic heterocycles. The van der Waals surface area contributed by atoms with Crippen molar-refractivity contribution in [3.05, 3.63) is 65.5 Å². The summed E-state index contributed by atoms with van der Waals surface area (Å²) in [6.07, 6.45) is -4.86. The number of nitrogens with one attached hydrogen (secondary N) is 1. The van der Waals surface area contributed by atoms with Crippen LogP contribution in [-0.4, -0.2) is 36.2 Å². The zero-order valence-electron chi connectivity index (χ0n) is 16.7. The molecule has 0 aliphatic rings. The first kappa shape index (κ1) is 23.2. The van der Waals surface area contributed by atoms with Crippen LogP contribution in [0, 0.1) is 11.7 Å². The maximum absolute atomic E-state index is 13.0. The Kier molecular flexibility index (Phi) is 7.42. The molecular weight excluding hydrogens is 404 g/mol. The van der Waals surface area contributed by atoms with E-state index in [0.29, 0.717) is 0 Å². The summed E-state index contributed by atoms with van der Waals surface area (Å²) in [6, 6.07) is 9.43. The predicted molar refractivity (Wildman–Crippen MR) is 102 cm³/mol. The first-order valence-electron chi connectivity index (χ1n) is 9.13. The number of carbonyl (C=O) groups excluding carboxylic acids is 2. The van der Waals surface area contributed by atoms with E-state index < -0.39 is 35.8 Å². The molecule has 0 aromatic heterocycles. The standard InChI is InChI=1S/C21H22F4N2O3/c1-13(2)18(26-19(28)14-8-10-16(22)11-9-14)20(29)27(3)12-15-6-4-5-7-17(15)30-21(23,24)25/h4-11,13,18H,12H2,1-3H3,(H,26,28). The van der Waals surface area contributed by atoms with Gasteiger partial charge in [-0.2, -0.15) is 0 Å². The summed E-state index contributed by atoms with van der Waals surface area (Å²) < 4.78 is 54.9. The van der Waals surface area contributed by atoms with Crippen molar-refractivity contribution in [3.8, 4) is 5.75 Å². The Morgan fingerprint density at radius 2 is 1.67 bits per heavy atom. The third kappa shape index (κ3) is 6.47. The van der Waals surface area contributed by atoms with Gasteiger partial charge in [-0.1, -0.05) is 32.0 Å². The molecule has 0 aliphatic carbocycles. The molecule has 30 heavy (non-hydrogen) atoms. The number of benzene rings is 2. The minimum absolute atomic E-state index is 0.152. The summed E-state index contributed by atoms with van der Waals surface area (Å²) in [5.74, 6) is -2.24. The molecule has 162 valence electrons. The highest BCUT2D eigenvalue weighted by atomic mass is 19.4. The van der Waals surface area contributed by atoms with Crippen LogP contribution >= 0.6 is 0 Å². The van der Waals surface area contributed by atoms with E-state index in [1.165, 1.54) is 42.3 Å². The van der Waals surface area contributed by atoms with Crippen molar-refractivity contribution in [3.63, 3.8) is 0 Å². The number of alkyl halides is 3. The Bertz CT molecular complexity index is 883. The largest absolute Gasteiger partial charge is 0.573 e. The van der Waals surface area contributed by atoms with Crippen molar-refractivity contribution in [2.75, 3.05) is 7.05 Å². The molecule has 0 saturated carbocycles. The molecule has 1 N–H and O–H groups in total. The van der Waals surface area contributed by atoms with Gasteiger partial charge in [0.25, 0.3) is 5.91 Å². The number of carbonyl (C=O) groups is 2. The average Bonchev–Trinajstić information content (AvgIpc) is 2.66. The van der Waals surface area contributed by atoms with E-state index in [1.54, 1.807) is 13.8 Å². The lowest BCUT2D eigenvalue weighted by molar-refractivity contribution is -0.275. The summed E-state index contributed by atoms with van der Waals surface area (Å²) in [7, 11) is 1.42. The van der Waals surface area contributed by atoms with E-state index in [4.69, 9.17) is 0 Å². The number of rotatable bonds is 7. The Labute approximate surface area is 171 Å². The number of ether oxygens (including phenoxy) is 1. The summed E-state index contributed by atoms with van der Waals surface area (Å²) in [5, 5.41) is 2.61. The van der Waals surface area contributed by atoms with Crippen LogP contribution in [0.2, 0.25) is 0 Å². The summed E-state index contributed by atoms with van der Waals surface area (Å²) in [6.45, 7) is 3.30. The van der Waals surface area contributed by atoms with Gasteiger partial charge in [0.2, 0.25) is 5.91 Å². The molecule has 0 bridgehead atoms. The fraction of sp³-hybridized carbons (Fsp3) is 0.333. The number of hydrogen-bond donors (Lipinski definition) is 1. The van der Waals surface area contributed by atoms with Crippen molar-refractivity contribution in [1.82, 2.24) is 10.2 Å². The van der Waals surface area contributed by atoms with E-state index in [-0.39, 0.29) is 23.6 Å². The van der Waals surface area contributed by atoms with E-state index in [1.807, 2.05) is 0 Å². The van der Waals surface area contributed by atoms with Gasteiger partial charge in [0.15, 0.2) is 0 Å². The van der Waals surface area contributed by atoms with Gasteiger partial charge in [0.1, 0.15) is 17.6 Å². The second-order valence-corrected chi connectivity index (χ2v) is 7.05.